The van der Waals surface area contributed by atoms with Crippen LogP contribution in [0.4, 0.5) is 11.6 Å². The summed E-state index contributed by atoms with van der Waals surface area (Å²) >= 11 is 0. The van der Waals surface area contributed by atoms with Crippen LogP contribution < -0.4 is 15.7 Å². The molecule has 24 heavy (non-hydrogen) atoms. The number of rotatable bonds is 3. The summed E-state index contributed by atoms with van der Waals surface area (Å²) in [6.45, 7) is 0. The molecule has 0 amide bonds. The van der Waals surface area contributed by atoms with Crippen LogP contribution in [-0.4, -0.2) is 20.8 Å². The maximum atomic E-state index is 4.60. The fourth-order valence-electron chi connectivity index (χ4n) is 2.24. The number of aromatic nitrogens is 3. The molecule has 0 saturated carbocycles. The molecule has 2 aromatic carbocycles. The van der Waals surface area contributed by atoms with E-state index in [-0.39, 0.29) is 12.4 Å². The van der Waals surface area contributed by atoms with Crippen LogP contribution in [0.2, 0.25) is 0 Å². The number of hydrogen-bond donors (Lipinski definition) is 1. The number of nitrogens with one attached hydrogen (secondary N) is 1. The Morgan fingerprint density at radius 2 is 1.42 bits per heavy atom. The molecule has 0 bridgehead atoms. The van der Waals surface area contributed by atoms with Crippen LogP contribution in [0.3, 0.4) is 0 Å². The lowest BCUT2D eigenvalue weighted by atomic mass is 10.2. The molecule has 0 fully saturated rings. The van der Waals surface area contributed by atoms with Gasteiger partial charge in [-0.25, -0.2) is 4.98 Å². The van der Waals surface area contributed by atoms with E-state index < -0.39 is 0 Å². The number of hydrogen-bond acceptors (Lipinski definition) is 7. The van der Waals surface area contributed by atoms with Gasteiger partial charge in [0.2, 0.25) is 0 Å². The van der Waals surface area contributed by atoms with E-state index in [4.69, 9.17) is 0 Å². The Balaban J connectivity index is 0.00000169. The molecule has 4 rings (SSSR count). The molecule has 0 atom stereocenters. The SMILES string of the molecule is Cl.c1ccc(C2=NN(c3ncncn3)N(c3ccccc3)N2)cc1. The number of amidine groups is 1. The van der Waals surface area contributed by atoms with Gasteiger partial charge in [0.25, 0.3) is 5.95 Å². The van der Waals surface area contributed by atoms with Gasteiger partial charge in [-0.3, -0.25) is 5.43 Å². The summed E-state index contributed by atoms with van der Waals surface area (Å²) in [5.41, 5.74) is 5.18. The van der Waals surface area contributed by atoms with Crippen LogP contribution in [0, 0.1) is 0 Å². The largest absolute Gasteiger partial charge is 0.271 e. The quantitative estimate of drug-likeness (QED) is 0.790. The van der Waals surface area contributed by atoms with Crippen molar-refractivity contribution in [1.29, 1.82) is 0 Å². The average Bonchev–Trinajstić information content (AvgIpc) is 3.09. The number of hydrazine groups is 2. The molecular weight excluding hydrogens is 326 g/mol. The van der Waals surface area contributed by atoms with Crippen LogP contribution in [0.1, 0.15) is 5.56 Å². The summed E-state index contributed by atoms with van der Waals surface area (Å²) < 4.78 is 0. The minimum absolute atomic E-state index is 0. The Morgan fingerprint density at radius 3 is 2.08 bits per heavy atom. The zero-order chi connectivity index (χ0) is 15.5. The Kier molecular flexibility index (Phi) is 4.53. The number of para-hydroxylation sites is 1. The van der Waals surface area contributed by atoms with E-state index in [1.54, 1.807) is 10.2 Å². The van der Waals surface area contributed by atoms with E-state index in [1.807, 2.05) is 60.7 Å². The van der Waals surface area contributed by atoms with Gasteiger partial charge in [0, 0.05) is 5.56 Å². The van der Waals surface area contributed by atoms with Crippen molar-refractivity contribution in [3.63, 3.8) is 0 Å². The number of nitrogens with zero attached hydrogens (tertiary/aromatic N) is 6. The summed E-state index contributed by atoms with van der Waals surface area (Å²) in [6, 6.07) is 19.7. The molecule has 3 aromatic rings. The number of benzene rings is 2. The summed E-state index contributed by atoms with van der Waals surface area (Å²) in [6.07, 6.45) is 2.89. The fraction of sp³-hybridized carbons (Fsp3) is 0. The van der Waals surface area contributed by atoms with Crippen molar-refractivity contribution in [3.8, 4) is 0 Å². The van der Waals surface area contributed by atoms with Crippen molar-refractivity contribution < 1.29 is 0 Å². The molecule has 1 N–H and O–H groups in total. The van der Waals surface area contributed by atoms with Gasteiger partial charge >= 0.3 is 0 Å². The third kappa shape index (κ3) is 2.97. The van der Waals surface area contributed by atoms with Gasteiger partial charge in [-0.05, 0) is 12.1 Å². The van der Waals surface area contributed by atoms with Crippen LogP contribution in [-0.2, 0) is 0 Å². The van der Waals surface area contributed by atoms with E-state index in [9.17, 15) is 0 Å². The molecule has 0 saturated heterocycles. The molecule has 0 spiro atoms. The van der Waals surface area contributed by atoms with Crippen LogP contribution in [0.15, 0.2) is 78.4 Å². The molecule has 120 valence electrons. The first kappa shape index (κ1) is 15.7. The van der Waals surface area contributed by atoms with Crippen molar-refractivity contribution in [3.05, 3.63) is 78.9 Å². The van der Waals surface area contributed by atoms with Crippen molar-refractivity contribution in [2.45, 2.75) is 0 Å². The van der Waals surface area contributed by atoms with Gasteiger partial charge in [-0.2, -0.15) is 15.1 Å². The number of hydrazone groups is 1. The third-order valence-electron chi connectivity index (χ3n) is 3.30. The number of halogens is 1. The average molecular weight is 340 g/mol. The molecule has 0 aliphatic carbocycles. The summed E-state index contributed by atoms with van der Waals surface area (Å²) in [7, 11) is 0. The smallest absolute Gasteiger partial charge is 0.259 e. The van der Waals surface area contributed by atoms with E-state index in [0.717, 1.165) is 17.1 Å². The Morgan fingerprint density at radius 1 is 0.792 bits per heavy atom. The standard InChI is InChI=1S/C16H13N7.ClH/c1-3-7-13(8-4-1)15-20-22(14-9-5-2-6-10-14)23(21-15)16-18-11-17-12-19-16;/h1-12H,(H,20,21);1H. The fourth-order valence-corrected chi connectivity index (χ4v) is 2.24. The minimum atomic E-state index is 0. The molecule has 2 heterocycles. The molecule has 1 aromatic heterocycles. The highest BCUT2D eigenvalue weighted by Gasteiger charge is 2.27. The number of anilines is 2. The Labute approximate surface area is 145 Å². The second-order valence-electron chi connectivity index (χ2n) is 4.80. The van der Waals surface area contributed by atoms with E-state index in [0.29, 0.717) is 5.95 Å². The van der Waals surface area contributed by atoms with Crippen molar-refractivity contribution in [2.75, 3.05) is 10.2 Å². The first-order chi connectivity index (χ1) is 11.4. The van der Waals surface area contributed by atoms with Crippen LogP contribution in [0.25, 0.3) is 0 Å². The van der Waals surface area contributed by atoms with Gasteiger partial charge in [0.1, 0.15) is 12.7 Å². The first-order valence-corrected chi connectivity index (χ1v) is 7.10. The second-order valence-corrected chi connectivity index (χ2v) is 4.80. The van der Waals surface area contributed by atoms with Crippen LogP contribution in [0.5, 0.6) is 0 Å². The summed E-state index contributed by atoms with van der Waals surface area (Å²) in [5.74, 6) is 1.15. The van der Waals surface area contributed by atoms with Gasteiger partial charge in [0.05, 0.1) is 5.69 Å². The molecule has 0 unspecified atom stereocenters. The summed E-state index contributed by atoms with van der Waals surface area (Å²) in [4.78, 5) is 12.2. The first-order valence-electron chi connectivity index (χ1n) is 7.10. The maximum absolute atomic E-state index is 4.60. The van der Waals surface area contributed by atoms with Crippen molar-refractivity contribution in [1.82, 2.24) is 20.4 Å². The zero-order valence-corrected chi connectivity index (χ0v) is 13.3. The Hall–Kier alpha value is -3.19. The van der Waals surface area contributed by atoms with E-state index in [1.165, 1.54) is 12.7 Å². The maximum Gasteiger partial charge on any atom is 0.271 e. The van der Waals surface area contributed by atoms with Crippen LogP contribution >= 0.6 is 12.4 Å². The van der Waals surface area contributed by atoms with E-state index >= 15 is 0 Å². The zero-order valence-electron chi connectivity index (χ0n) is 12.5. The molecule has 7 nitrogen and oxygen atoms in total. The van der Waals surface area contributed by atoms with E-state index in [2.05, 4.69) is 25.5 Å². The van der Waals surface area contributed by atoms with Gasteiger partial charge in [0.15, 0.2) is 5.84 Å². The minimum Gasteiger partial charge on any atom is -0.259 e. The van der Waals surface area contributed by atoms with Gasteiger partial charge in [-0.1, -0.05) is 48.5 Å². The molecule has 1 aliphatic heterocycles. The lowest BCUT2D eigenvalue weighted by Gasteiger charge is -2.25. The molecule has 8 heteroatoms. The monoisotopic (exact) mass is 339 g/mol. The lowest BCUT2D eigenvalue weighted by Crippen LogP contribution is -2.45. The second kappa shape index (κ2) is 6.93. The highest BCUT2D eigenvalue weighted by atomic mass is 35.5. The highest BCUT2D eigenvalue weighted by Crippen LogP contribution is 2.22. The van der Waals surface area contributed by atoms with Gasteiger partial charge < -0.3 is 0 Å². The summed E-state index contributed by atoms with van der Waals surface area (Å²) in [5, 5.41) is 8.00. The van der Waals surface area contributed by atoms with Gasteiger partial charge in [-0.15, -0.1) is 22.6 Å². The lowest BCUT2D eigenvalue weighted by molar-refractivity contribution is 0.739. The predicted octanol–water partition coefficient (Wildman–Crippen LogP) is 2.40. The third-order valence-corrected chi connectivity index (χ3v) is 3.30. The molecule has 1 aliphatic rings. The highest BCUT2D eigenvalue weighted by molar-refractivity contribution is 6.01. The predicted molar refractivity (Wildman–Crippen MR) is 94.6 cm³/mol. The Bertz CT molecular complexity index is 812. The molecule has 0 radical (unpaired) electrons. The normalized spacial score (nSPS) is 13.1. The topological polar surface area (TPSA) is 69.5 Å². The molecular formula is C16H14ClN7. The van der Waals surface area contributed by atoms with Crippen molar-refractivity contribution in [2.24, 2.45) is 5.10 Å². The van der Waals surface area contributed by atoms with Crippen molar-refractivity contribution >= 4 is 29.9 Å².